The van der Waals surface area contributed by atoms with Crippen LogP contribution in [0.5, 0.6) is 0 Å². The van der Waals surface area contributed by atoms with Crippen molar-refractivity contribution in [3.05, 3.63) is 58.9 Å². The first kappa shape index (κ1) is 18.4. The van der Waals surface area contributed by atoms with Crippen molar-refractivity contribution < 1.29 is 18.7 Å². The van der Waals surface area contributed by atoms with Crippen molar-refractivity contribution in [3.63, 3.8) is 0 Å². The van der Waals surface area contributed by atoms with Gasteiger partial charge in [-0.05, 0) is 38.0 Å². The number of halogens is 1. The SMILES string of the molecule is Cc1cc(C)n2nc(C(=O)OCC(=O)NCCc3ccccc3F)nc2n1. The van der Waals surface area contributed by atoms with Crippen molar-refractivity contribution in [2.24, 2.45) is 0 Å². The quantitative estimate of drug-likeness (QED) is 0.658. The summed E-state index contributed by atoms with van der Waals surface area (Å²) in [6, 6.07) is 8.14. The summed E-state index contributed by atoms with van der Waals surface area (Å²) in [4.78, 5) is 32.0. The minimum Gasteiger partial charge on any atom is -0.450 e. The second-order valence-electron chi connectivity index (χ2n) is 5.95. The number of carbonyl (C=O) groups excluding carboxylic acids is 2. The Morgan fingerprint density at radius 2 is 2.00 bits per heavy atom. The second kappa shape index (κ2) is 7.90. The van der Waals surface area contributed by atoms with E-state index in [2.05, 4.69) is 20.4 Å². The number of carbonyl (C=O) groups is 2. The van der Waals surface area contributed by atoms with Crippen LogP contribution in [0.3, 0.4) is 0 Å². The van der Waals surface area contributed by atoms with Crippen LogP contribution in [0.1, 0.15) is 27.6 Å². The largest absolute Gasteiger partial charge is 0.450 e. The Bertz CT molecular complexity index is 1000. The van der Waals surface area contributed by atoms with Gasteiger partial charge in [0.25, 0.3) is 17.5 Å². The van der Waals surface area contributed by atoms with Gasteiger partial charge >= 0.3 is 5.97 Å². The van der Waals surface area contributed by atoms with Crippen LogP contribution < -0.4 is 5.32 Å². The molecule has 1 aromatic carbocycles. The van der Waals surface area contributed by atoms with Crippen LogP contribution in [0.2, 0.25) is 0 Å². The van der Waals surface area contributed by atoms with Gasteiger partial charge in [-0.1, -0.05) is 18.2 Å². The Labute approximate surface area is 154 Å². The van der Waals surface area contributed by atoms with Gasteiger partial charge in [0.2, 0.25) is 0 Å². The number of fused-ring (bicyclic) bond motifs is 1. The van der Waals surface area contributed by atoms with Gasteiger partial charge < -0.3 is 10.1 Å². The Kier molecular flexibility index (Phi) is 5.39. The van der Waals surface area contributed by atoms with Gasteiger partial charge in [0.15, 0.2) is 6.61 Å². The fourth-order valence-corrected chi connectivity index (χ4v) is 2.54. The number of rotatable bonds is 6. The zero-order chi connectivity index (χ0) is 19.4. The molecule has 140 valence electrons. The van der Waals surface area contributed by atoms with E-state index in [9.17, 15) is 14.0 Å². The minimum atomic E-state index is -0.818. The van der Waals surface area contributed by atoms with Crippen molar-refractivity contribution in [1.29, 1.82) is 0 Å². The Morgan fingerprint density at radius 3 is 2.78 bits per heavy atom. The van der Waals surface area contributed by atoms with Gasteiger partial charge in [-0.25, -0.2) is 18.7 Å². The molecule has 2 heterocycles. The van der Waals surface area contributed by atoms with Gasteiger partial charge in [0, 0.05) is 17.9 Å². The summed E-state index contributed by atoms with van der Waals surface area (Å²) in [6.07, 6.45) is 0.338. The average Bonchev–Trinajstić information content (AvgIpc) is 3.06. The van der Waals surface area contributed by atoms with Crippen LogP contribution in [-0.4, -0.2) is 44.6 Å². The maximum absolute atomic E-state index is 13.5. The van der Waals surface area contributed by atoms with E-state index in [1.165, 1.54) is 10.6 Å². The summed E-state index contributed by atoms with van der Waals surface area (Å²) >= 11 is 0. The predicted octanol–water partition coefficient (Wildman–Crippen LogP) is 1.40. The maximum Gasteiger partial charge on any atom is 0.378 e. The summed E-state index contributed by atoms with van der Waals surface area (Å²) in [5, 5.41) is 6.61. The molecular weight excluding hydrogens is 353 g/mol. The van der Waals surface area contributed by atoms with Crippen LogP contribution in [0, 0.1) is 19.7 Å². The van der Waals surface area contributed by atoms with Crippen LogP contribution in [0.25, 0.3) is 5.78 Å². The molecule has 0 aliphatic heterocycles. The third-order valence-corrected chi connectivity index (χ3v) is 3.81. The number of nitrogens with one attached hydrogen (secondary N) is 1. The van der Waals surface area contributed by atoms with Crippen molar-refractivity contribution in [2.75, 3.05) is 13.2 Å². The third kappa shape index (κ3) is 4.43. The fourth-order valence-electron chi connectivity index (χ4n) is 2.54. The monoisotopic (exact) mass is 371 g/mol. The zero-order valence-electron chi connectivity index (χ0n) is 14.9. The van der Waals surface area contributed by atoms with E-state index in [1.807, 2.05) is 13.8 Å². The first-order chi connectivity index (χ1) is 12.9. The first-order valence-corrected chi connectivity index (χ1v) is 8.32. The van der Waals surface area contributed by atoms with E-state index in [4.69, 9.17) is 4.74 Å². The number of nitrogens with zero attached hydrogens (tertiary/aromatic N) is 4. The molecule has 0 atom stereocenters. The zero-order valence-corrected chi connectivity index (χ0v) is 14.9. The van der Waals surface area contributed by atoms with Crippen LogP contribution in [-0.2, 0) is 16.0 Å². The lowest BCUT2D eigenvalue weighted by atomic mass is 10.1. The van der Waals surface area contributed by atoms with E-state index in [-0.39, 0.29) is 24.0 Å². The molecule has 0 bridgehead atoms. The number of hydrogen-bond donors (Lipinski definition) is 1. The molecule has 1 amide bonds. The standard InChI is InChI=1S/C18H18FN5O3/c1-11-9-12(2)24-18(21-11)22-16(23-24)17(26)27-10-15(25)20-8-7-13-5-3-4-6-14(13)19/h3-6,9H,7-8,10H2,1-2H3,(H,20,25). The second-order valence-corrected chi connectivity index (χ2v) is 5.95. The van der Waals surface area contributed by atoms with Gasteiger partial charge in [0.1, 0.15) is 5.82 Å². The first-order valence-electron chi connectivity index (χ1n) is 8.32. The Morgan fingerprint density at radius 1 is 1.22 bits per heavy atom. The van der Waals surface area contributed by atoms with Crippen LogP contribution in [0.15, 0.2) is 30.3 Å². The van der Waals surface area contributed by atoms with Crippen LogP contribution >= 0.6 is 0 Å². The summed E-state index contributed by atoms with van der Waals surface area (Å²) in [6.45, 7) is 3.38. The molecule has 9 heteroatoms. The molecule has 27 heavy (non-hydrogen) atoms. The van der Waals surface area contributed by atoms with Gasteiger partial charge in [0.05, 0.1) is 0 Å². The number of esters is 1. The highest BCUT2D eigenvalue weighted by molar-refractivity contribution is 5.88. The smallest absolute Gasteiger partial charge is 0.378 e. The molecule has 0 aliphatic carbocycles. The fraction of sp³-hybridized carbons (Fsp3) is 0.278. The lowest BCUT2D eigenvalue weighted by Gasteiger charge is -2.06. The summed E-state index contributed by atoms with van der Waals surface area (Å²) in [7, 11) is 0. The van der Waals surface area contributed by atoms with Gasteiger partial charge in [-0.3, -0.25) is 4.79 Å². The maximum atomic E-state index is 13.5. The molecule has 8 nitrogen and oxygen atoms in total. The molecule has 1 N–H and O–H groups in total. The lowest BCUT2D eigenvalue weighted by molar-refractivity contribution is -0.124. The number of aryl methyl sites for hydroxylation is 2. The number of amides is 1. The van der Waals surface area contributed by atoms with Gasteiger partial charge in [-0.15, -0.1) is 5.10 Å². The van der Waals surface area contributed by atoms with Crippen molar-refractivity contribution in [1.82, 2.24) is 24.9 Å². The highest BCUT2D eigenvalue weighted by atomic mass is 19.1. The number of benzene rings is 1. The van der Waals surface area contributed by atoms with E-state index < -0.39 is 18.5 Å². The molecular formula is C18H18FN5O3. The van der Waals surface area contributed by atoms with Crippen molar-refractivity contribution in [3.8, 4) is 0 Å². The molecule has 0 unspecified atom stereocenters. The van der Waals surface area contributed by atoms with Crippen LogP contribution in [0.4, 0.5) is 4.39 Å². The Hall–Kier alpha value is -3.36. The molecule has 0 fully saturated rings. The molecule has 0 spiro atoms. The number of hydrogen-bond acceptors (Lipinski definition) is 6. The topological polar surface area (TPSA) is 98.5 Å². The minimum absolute atomic E-state index is 0.171. The highest BCUT2D eigenvalue weighted by Crippen LogP contribution is 2.07. The van der Waals surface area contributed by atoms with Crippen molar-refractivity contribution in [2.45, 2.75) is 20.3 Å². The number of aromatic nitrogens is 4. The summed E-state index contributed by atoms with van der Waals surface area (Å²) < 4.78 is 19.8. The van der Waals surface area contributed by atoms with E-state index in [1.54, 1.807) is 24.3 Å². The summed E-state index contributed by atoms with van der Waals surface area (Å²) in [5.41, 5.74) is 2.03. The van der Waals surface area contributed by atoms with E-state index in [0.29, 0.717) is 12.0 Å². The van der Waals surface area contributed by atoms with E-state index in [0.717, 1.165) is 11.4 Å². The molecule has 0 saturated carbocycles. The highest BCUT2D eigenvalue weighted by Gasteiger charge is 2.17. The third-order valence-electron chi connectivity index (χ3n) is 3.81. The predicted molar refractivity (Wildman–Crippen MR) is 93.7 cm³/mol. The normalized spacial score (nSPS) is 10.8. The average molecular weight is 371 g/mol. The summed E-state index contributed by atoms with van der Waals surface area (Å²) in [5.74, 6) is -1.52. The van der Waals surface area contributed by atoms with Gasteiger partial charge in [-0.2, -0.15) is 4.98 Å². The molecule has 2 aromatic heterocycles. The Balaban J connectivity index is 1.51. The molecule has 0 aliphatic rings. The van der Waals surface area contributed by atoms with Crippen molar-refractivity contribution >= 4 is 17.7 Å². The number of ether oxygens (including phenoxy) is 1. The molecule has 3 aromatic rings. The molecule has 0 radical (unpaired) electrons. The van der Waals surface area contributed by atoms with E-state index >= 15 is 0 Å². The molecule has 3 rings (SSSR count). The lowest BCUT2D eigenvalue weighted by Crippen LogP contribution is -2.30. The molecule has 0 saturated heterocycles.